The molecule has 1 aromatic carbocycles. The number of benzene rings is 1. The van der Waals surface area contributed by atoms with E-state index in [1.165, 1.54) is 24.0 Å². The molecule has 2 aromatic heterocycles. The Morgan fingerprint density at radius 3 is 1.92 bits per heavy atom. The molecule has 1 unspecified atom stereocenters. The summed E-state index contributed by atoms with van der Waals surface area (Å²) in [5.41, 5.74) is 2.40. The molecule has 0 aliphatic carbocycles. The molecule has 3 rings (SSSR count). The summed E-state index contributed by atoms with van der Waals surface area (Å²) in [6, 6.07) is 8.83. The molecule has 0 amide bonds. The molecule has 1 atom stereocenters. The van der Waals surface area contributed by atoms with E-state index < -0.39 is 0 Å². The summed E-state index contributed by atoms with van der Waals surface area (Å²) >= 11 is 0. The highest BCUT2D eigenvalue weighted by Gasteiger charge is 2.20. The van der Waals surface area contributed by atoms with E-state index in [-0.39, 0.29) is 31.2 Å². The number of unbranched alkanes of at least 4 members (excludes halogenated alkanes) is 3. The largest absolute Gasteiger partial charge is 0.428 e. The summed E-state index contributed by atoms with van der Waals surface area (Å²) < 4.78 is 10.3. The van der Waals surface area contributed by atoms with Crippen molar-refractivity contribution in [2.45, 2.75) is 111 Å². The van der Waals surface area contributed by atoms with E-state index in [2.05, 4.69) is 86.6 Å². The molecule has 0 aliphatic heterocycles. The molecule has 0 fully saturated rings. The van der Waals surface area contributed by atoms with Crippen LogP contribution in [-0.4, -0.2) is 86.1 Å². The number of imidazole rings is 2. The number of nitrogens with one attached hydrogen (secondary N) is 2. The van der Waals surface area contributed by atoms with Crippen LogP contribution in [-0.2, 0) is 38.7 Å². The minimum Gasteiger partial charge on any atom is -0.428 e. The van der Waals surface area contributed by atoms with Gasteiger partial charge in [0.2, 0.25) is 6.79 Å². The lowest BCUT2D eigenvalue weighted by molar-refractivity contribution is -0.167. The highest BCUT2D eigenvalue weighted by molar-refractivity contribution is 5.71. The van der Waals surface area contributed by atoms with Crippen LogP contribution in [0, 0.1) is 0 Å². The van der Waals surface area contributed by atoms with Crippen molar-refractivity contribution in [3.05, 3.63) is 71.8 Å². The first-order valence-corrected chi connectivity index (χ1v) is 18.0. The summed E-state index contributed by atoms with van der Waals surface area (Å²) in [5.74, 6) is 1.17. The Hall–Kier alpha value is -3.54. The van der Waals surface area contributed by atoms with Gasteiger partial charge in [0.25, 0.3) is 0 Å². The number of aromatic nitrogens is 4. The van der Waals surface area contributed by atoms with E-state index in [0.29, 0.717) is 19.5 Å². The zero-order valence-corrected chi connectivity index (χ0v) is 29.8. The second-order valence-electron chi connectivity index (χ2n) is 12.6. The monoisotopic (exact) mass is 665 g/mol. The minimum atomic E-state index is -0.351. The van der Waals surface area contributed by atoms with Gasteiger partial charge in [-0.3, -0.25) is 19.4 Å². The van der Waals surface area contributed by atoms with Gasteiger partial charge in [-0.25, -0.2) is 9.97 Å². The van der Waals surface area contributed by atoms with Gasteiger partial charge in [0.1, 0.15) is 11.6 Å². The predicted molar refractivity (Wildman–Crippen MR) is 189 cm³/mol. The van der Waals surface area contributed by atoms with Crippen molar-refractivity contribution in [1.29, 1.82) is 0 Å². The highest BCUT2D eigenvalue weighted by atomic mass is 16.7. The Kier molecular flexibility index (Phi) is 18.6. The summed E-state index contributed by atoms with van der Waals surface area (Å²) in [7, 11) is 0. The van der Waals surface area contributed by atoms with Gasteiger partial charge >= 0.3 is 11.9 Å². The van der Waals surface area contributed by atoms with Crippen LogP contribution in [0.5, 0.6) is 0 Å². The maximum Gasteiger partial charge on any atom is 0.309 e. The first-order chi connectivity index (χ1) is 23.4. The average molecular weight is 666 g/mol. The molecule has 0 saturated carbocycles. The van der Waals surface area contributed by atoms with Crippen LogP contribution in [0.3, 0.4) is 0 Å². The molecule has 11 nitrogen and oxygen atoms in total. The van der Waals surface area contributed by atoms with E-state index in [0.717, 1.165) is 83.0 Å². The van der Waals surface area contributed by atoms with Crippen LogP contribution < -0.4 is 0 Å². The molecule has 11 heteroatoms. The first kappa shape index (κ1) is 38.9. The summed E-state index contributed by atoms with van der Waals surface area (Å²) in [5, 5.41) is 0. The number of ether oxygens (including phenoxy) is 2. The third-order valence-electron chi connectivity index (χ3n) is 8.52. The minimum absolute atomic E-state index is 0.0789. The highest BCUT2D eigenvalue weighted by Crippen LogP contribution is 2.22. The number of carbonyl (C=O) groups excluding carboxylic acids is 2. The average Bonchev–Trinajstić information content (AvgIpc) is 3.81. The lowest BCUT2D eigenvalue weighted by Crippen LogP contribution is -2.30. The third kappa shape index (κ3) is 15.1. The number of hydrogen-bond acceptors (Lipinski definition) is 9. The Balaban J connectivity index is 1.57. The number of rotatable bonds is 26. The van der Waals surface area contributed by atoms with Gasteiger partial charge in [0.15, 0.2) is 0 Å². The summed E-state index contributed by atoms with van der Waals surface area (Å²) in [6.45, 7) is 15.4. The molecule has 0 spiro atoms. The van der Waals surface area contributed by atoms with Gasteiger partial charge in [-0.2, -0.15) is 0 Å². The second kappa shape index (κ2) is 22.9. The fourth-order valence-corrected chi connectivity index (χ4v) is 5.81. The van der Waals surface area contributed by atoms with Gasteiger partial charge in [0.05, 0.1) is 19.0 Å². The van der Waals surface area contributed by atoms with Gasteiger partial charge < -0.3 is 24.3 Å². The SMILES string of the molecule is CCCCCC(=O)OCOC(=O)CCN(CCCCN(CCC)CCC)Cc1ccc(CN(Cc2ncc[nH]2)C(C)c2ncc[nH]2)cc1. The lowest BCUT2D eigenvalue weighted by atomic mass is 10.1. The van der Waals surface area contributed by atoms with Crippen molar-refractivity contribution in [2.75, 3.05) is 39.5 Å². The van der Waals surface area contributed by atoms with Crippen molar-refractivity contribution in [2.24, 2.45) is 0 Å². The predicted octanol–water partition coefficient (Wildman–Crippen LogP) is 6.61. The number of aromatic amines is 2. The lowest BCUT2D eigenvalue weighted by Gasteiger charge is -2.27. The topological polar surface area (TPSA) is 120 Å². The molecular formula is C37H59N7O4. The van der Waals surface area contributed by atoms with Gasteiger partial charge in [-0.1, -0.05) is 57.9 Å². The molecular weight excluding hydrogens is 606 g/mol. The van der Waals surface area contributed by atoms with Crippen molar-refractivity contribution < 1.29 is 19.1 Å². The maximum atomic E-state index is 12.5. The molecule has 0 saturated heterocycles. The van der Waals surface area contributed by atoms with Gasteiger partial charge in [-0.05, 0) is 76.3 Å². The Morgan fingerprint density at radius 2 is 1.31 bits per heavy atom. The van der Waals surface area contributed by atoms with Crippen LogP contribution in [0.25, 0.3) is 0 Å². The molecule has 48 heavy (non-hydrogen) atoms. The van der Waals surface area contributed by atoms with Crippen LogP contribution in [0.2, 0.25) is 0 Å². The first-order valence-electron chi connectivity index (χ1n) is 18.0. The summed E-state index contributed by atoms with van der Waals surface area (Å²) in [4.78, 5) is 47.0. The number of hydrogen-bond donors (Lipinski definition) is 2. The Labute approximate surface area is 287 Å². The van der Waals surface area contributed by atoms with Crippen LogP contribution in [0.4, 0.5) is 0 Å². The van der Waals surface area contributed by atoms with Crippen LogP contribution in [0.15, 0.2) is 49.1 Å². The molecule has 2 N–H and O–H groups in total. The third-order valence-corrected chi connectivity index (χ3v) is 8.52. The van der Waals surface area contributed by atoms with Crippen LogP contribution >= 0.6 is 0 Å². The van der Waals surface area contributed by atoms with E-state index >= 15 is 0 Å². The van der Waals surface area contributed by atoms with Crippen molar-refractivity contribution in [3.8, 4) is 0 Å². The molecule has 0 bridgehead atoms. The maximum absolute atomic E-state index is 12.5. The fraction of sp³-hybridized carbons (Fsp3) is 0.622. The van der Waals surface area contributed by atoms with Crippen molar-refractivity contribution in [3.63, 3.8) is 0 Å². The standard InChI is InChI=1S/C37H59N7O4/c1-5-8-9-12-35(45)47-30-48-36(46)17-26-43(25-11-10-24-42(22-6-2)23-7-3)27-32-13-15-33(16-14-32)28-44(29-34-38-18-19-39-34)31(4)37-40-20-21-41-37/h13-16,18-21,31H,5-12,17,22-30H2,1-4H3,(H,38,39)(H,40,41). The van der Waals surface area contributed by atoms with Crippen LogP contribution in [0.1, 0.15) is 114 Å². The molecule has 266 valence electrons. The zero-order valence-electron chi connectivity index (χ0n) is 29.8. The zero-order chi connectivity index (χ0) is 34.4. The Bertz CT molecular complexity index is 1250. The second-order valence-corrected chi connectivity index (χ2v) is 12.6. The summed E-state index contributed by atoms with van der Waals surface area (Å²) in [6.07, 6.45) is 15.2. The van der Waals surface area contributed by atoms with Gasteiger partial charge in [-0.15, -0.1) is 0 Å². The number of carbonyl (C=O) groups is 2. The normalized spacial score (nSPS) is 12.2. The quantitative estimate of drug-likeness (QED) is 0.0554. The number of H-pyrrole nitrogens is 2. The van der Waals surface area contributed by atoms with E-state index in [1.807, 2.05) is 12.4 Å². The van der Waals surface area contributed by atoms with E-state index in [9.17, 15) is 9.59 Å². The molecule has 0 radical (unpaired) electrons. The molecule has 0 aliphatic rings. The van der Waals surface area contributed by atoms with Crippen molar-refractivity contribution in [1.82, 2.24) is 34.6 Å². The van der Waals surface area contributed by atoms with Crippen molar-refractivity contribution >= 4 is 11.9 Å². The van der Waals surface area contributed by atoms with E-state index in [4.69, 9.17) is 9.47 Å². The van der Waals surface area contributed by atoms with E-state index in [1.54, 1.807) is 12.4 Å². The number of esters is 2. The molecule has 2 heterocycles. The smallest absolute Gasteiger partial charge is 0.309 e. The molecule has 3 aromatic rings. The Morgan fingerprint density at radius 1 is 0.688 bits per heavy atom. The fourth-order valence-electron chi connectivity index (χ4n) is 5.81. The number of nitrogens with zero attached hydrogens (tertiary/aromatic N) is 5. The van der Waals surface area contributed by atoms with Gasteiger partial charge in [0, 0.05) is 50.8 Å².